The largest absolute Gasteiger partial charge is 0.454 e. The third-order valence-electron chi connectivity index (χ3n) is 4.99. The van der Waals surface area contributed by atoms with Crippen LogP contribution in [0, 0.1) is 0 Å². The number of carbonyl (C=O) groups excluding carboxylic acids is 2. The monoisotopic (exact) mass is 400 g/mol. The molecule has 0 aliphatic carbocycles. The Bertz CT molecular complexity index is 1290. The Morgan fingerprint density at radius 1 is 0.967 bits per heavy atom. The van der Waals surface area contributed by atoms with Crippen LogP contribution in [-0.4, -0.2) is 27.9 Å². The van der Waals surface area contributed by atoms with Crippen LogP contribution in [0.2, 0.25) is 0 Å². The van der Waals surface area contributed by atoms with Gasteiger partial charge in [-0.1, -0.05) is 48.5 Å². The first kappa shape index (κ1) is 19.4. The van der Waals surface area contributed by atoms with E-state index in [1.807, 2.05) is 61.5 Å². The first-order valence-electron chi connectivity index (χ1n) is 9.66. The Hall–Kier alpha value is -3.93. The van der Waals surface area contributed by atoms with Gasteiger partial charge in [0.1, 0.15) is 5.56 Å². The molecule has 0 saturated heterocycles. The van der Waals surface area contributed by atoms with Crippen molar-refractivity contribution in [2.24, 2.45) is 0 Å². The molecule has 0 aliphatic rings. The first-order chi connectivity index (χ1) is 14.6. The number of aryl methyl sites for hydroxylation is 1. The predicted molar refractivity (Wildman–Crippen MR) is 115 cm³/mol. The molecule has 0 saturated carbocycles. The summed E-state index contributed by atoms with van der Waals surface area (Å²) in [5.41, 5.74) is 2.45. The van der Waals surface area contributed by atoms with E-state index < -0.39 is 18.1 Å². The van der Waals surface area contributed by atoms with Crippen molar-refractivity contribution in [3.8, 4) is 11.3 Å². The Morgan fingerprint density at radius 3 is 2.43 bits per heavy atom. The number of carbonyl (C=O) groups is 2. The number of aromatic nitrogens is 2. The number of aromatic amines is 1. The molecule has 0 atom stereocenters. The standard InChI is InChI=1S/C24H20N2O4/c1-2-26-19-13-7-6-11-17(19)21(22(26)16-9-4-3-5-10-16)20(27)15-30-24(29)18-12-8-14-25-23(18)28/h3-14H,2,15H2,1H3,(H,25,28). The zero-order chi connectivity index (χ0) is 21.1. The van der Waals surface area contributed by atoms with Crippen molar-refractivity contribution in [1.82, 2.24) is 9.55 Å². The molecular weight excluding hydrogens is 380 g/mol. The van der Waals surface area contributed by atoms with E-state index in [0.29, 0.717) is 12.1 Å². The van der Waals surface area contributed by atoms with Gasteiger partial charge in [0.15, 0.2) is 6.61 Å². The fourth-order valence-electron chi connectivity index (χ4n) is 3.67. The van der Waals surface area contributed by atoms with Gasteiger partial charge in [0.05, 0.1) is 11.3 Å². The predicted octanol–water partition coefficient (Wildman–Crippen LogP) is 4.06. The molecule has 4 aromatic rings. The second-order valence-corrected chi connectivity index (χ2v) is 6.76. The normalized spacial score (nSPS) is 10.8. The van der Waals surface area contributed by atoms with Crippen LogP contribution in [0.1, 0.15) is 27.6 Å². The maximum absolute atomic E-state index is 13.2. The number of ether oxygens (including phenoxy) is 1. The summed E-state index contributed by atoms with van der Waals surface area (Å²) in [6, 6.07) is 20.2. The third kappa shape index (κ3) is 3.43. The van der Waals surface area contributed by atoms with Crippen molar-refractivity contribution < 1.29 is 14.3 Å². The zero-order valence-electron chi connectivity index (χ0n) is 16.4. The summed E-state index contributed by atoms with van der Waals surface area (Å²) < 4.78 is 7.28. The number of para-hydroxylation sites is 1. The molecule has 2 aromatic heterocycles. The van der Waals surface area contributed by atoms with Gasteiger partial charge in [-0.05, 0) is 30.7 Å². The Labute approximate surface area is 172 Å². The lowest BCUT2D eigenvalue weighted by atomic mass is 10.0. The summed E-state index contributed by atoms with van der Waals surface area (Å²) in [6.07, 6.45) is 1.43. The summed E-state index contributed by atoms with van der Waals surface area (Å²) in [4.78, 5) is 39.7. The highest BCUT2D eigenvalue weighted by molar-refractivity contribution is 6.14. The van der Waals surface area contributed by atoms with E-state index in [1.165, 1.54) is 18.3 Å². The Kier molecular flexibility index (Phi) is 5.30. The molecule has 0 unspecified atom stereocenters. The maximum atomic E-state index is 13.2. The number of pyridine rings is 1. The van der Waals surface area contributed by atoms with Crippen LogP contribution < -0.4 is 5.56 Å². The summed E-state index contributed by atoms with van der Waals surface area (Å²) in [5.74, 6) is -1.15. The lowest BCUT2D eigenvalue weighted by molar-refractivity contribution is 0.0473. The fraction of sp³-hybridized carbons (Fsp3) is 0.125. The second-order valence-electron chi connectivity index (χ2n) is 6.76. The lowest BCUT2D eigenvalue weighted by Crippen LogP contribution is -2.21. The van der Waals surface area contributed by atoms with Crippen molar-refractivity contribution in [3.05, 3.63) is 94.4 Å². The molecule has 150 valence electrons. The number of benzene rings is 2. The average molecular weight is 400 g/mol. The number of fused-ring (bicyclic) bond motifs is 1. The van der Waals surface area contributed by atoms with Gasteiger partial charge in [0.25, 0.3) is 5.56 Å². The minimum atomic E-state index is -0.828. The van der Waals surface area contributed by atoms with E-state index in [9.17, 15) is 14.4 Å². The van der Waals surface area contributed by atoms with Crippen molar-refractivity contribution >= 4 is 22.7 Å². The molecule has 0 amide bonds. The average Bonchev–Trinajstić information content (AvgIpc) is 3.12. The van der Waals surface area contributed by atoms with Crippen molar-refractivity contribution in [2.75, 3.05) is 6.61 Å². The fourth-order valence-corrected chi connectivity index (χ4v) is 3.67. The van der Waals surface area contributed by atoms with E-state index in [0.717, 1.165) is 22.2 Å². The molecule has 0 fully saturated rings. The summed E-state index contributed by atoms with van der Waals surface area (Å²) >= 11 is 0. The van der Waals surface area contributed by atoms with Crippen LogP contribution in [-0.2, 0) is 11.3 Å². The van der Waals surface area contributed by atoms with E-state index >= 15 is 0 Å². The molecular formula is C24H20N2O4. The molecule has 6 nitrogen and oxygen atoms in total. The molecule has 4 rings (SSSR count). The number of nitrogens with zero attached hydrogens (tertiary/aromatic N) is 1. The van der Waals surface area contributed by atoms with Crippen LogP contribution in [0.4, 0.5) is 0 Å². The molecule has 0 spiro atoms. The van der Waals surface area contributed by atoms with Gasteiger partial charge >= 0.3 is 5.97 Å². The number of H-pyrrole nitrogens is 1. The van der Waals surface area contributed by atoms with Crippen molar-refractivity contribution in [2.45, 2.75) is 13.5 Å². The van der Waals surface area contributed by atoms with Crippen LogP contribution in [0.3, 0.4) is 0 Å². The SMILES string of the molecule is CCn1c(-c2ccccc2)c(C(=O)COC(=O)c2ccc[nH]c2=O)c2ccccc21. The topological polar surface area (TPSA) is 81.2 Å². The summed E-state index contributed by atoms with van der Waals surface area (Å²) in [5, 5.41) is 0.803. The molecule has 2 heterocycles. The van der Waals surface area contributed by atoms with Crippen LogP contribution in [0.5, 0.6) is 0 Å². The number of hydrogen-bond acceptors (Lipinski definition) is 4. The Balaban J connectivity index is 1.74. The minimum Gasteiger partial charge on any atom is -0.454 e. The highest BCUT2D eigenvalue weighted by Crippen LogP contribution is 2.34. The van der Waals surface area contributed by atoms with E-state index in [1.54, 1.807) is 0 Å². The highest BCUT2D eigenvalue weighted by Gasteiger charge is 2.24. The van der Waals surface area contributed by atoms with Crippen LogP contribution in [0.15, 0.2) is 77.7 Å². The van der Waals surface area contributed by atoms with Crippen molar-refractivity contribution in [1.29, 1.82) is 0 Å². The quantitative estimate of drug-likeness (QED) is 0.391. The van der Waals surface area contributed by atoms with Gasteiger partial charge in [-0.15, -0.1) is 0 Å². The van der Waals surface area contributed by atoms with Crippen LogP contribution in [0.25, 0.3) is 22.2 Å². The van der Waals surface area contributed by atoms with Gasteiger partial charge < -0.3 is 14.3 Å². The molecule has 2 aromatic carbocycles. The number of hydrogen-bond donors (Lipinski definition) is 1. The van der Waals surface area contributed by atoms with E-state index in [-0.39, 0.29) is 11.3 Å². The first-order valence-corrected chi connectivity index (χ1v) is 9.66. The summed E-state index contributed by atoms with van der Waals surface area (Å²) in [7, 11) is 0. The highest BCUT2D eigenvalue weighted by atomic mass is 16.5. The van der Waals surface area contributed by atoms with Crippen LogP contribution >= 0.6 is 0 Å². The maximum Gasteiger partial charge on any atom is 0.344 e. The smallest absolute Gasteiger partial charge is 0.344 e. The molecule has 0 radical (unpaired) electrons. The van der Waals surface area contributed by atoms with Gasteiger partial charge in [-0.3, -0.25) is 9.59 Å². The molecule has 1 N–H and O–H groups in total. The number of rotatable bonds is 6. The minimum absolute atomic E-state index is 0.135. The third-order valence-corrected chi connectivity index (χ3v) is 4.99. The number of esters is 1. The number of Topliss-reactive ketones (excluding diaryl/α,β-unsaturated/α-hetero) is 1. The van der Waals surface area contributed by atoms with Gasteiger partial charge in [0.2, 0.25) is 5.78 Å². The lowest BCUT2D eigenvalue weighted by Gasteiger charge is -2.10. The molecule has 6 heteroatoms. The number of nitrogens with one attached hydrogen (secondary N) is 1. The van der Waals surface area contributed by atoms with E-state index in [2.05, 4.69) is 9.55 Å². The second kappa shape index (κ2) is 8.21. The Morgan fingerprint density at radius 2 is 1.70 bits per heavy atom. The van der Waals surface area contributed by atoms with E-state index in [4.69, 9.17) is 4.74 Å². The van der Waals surface area contributed by atoms with Gasteiger partial charge in [-0.2, -0.15) is 0 Å². The zero-order valence-corrected chi connectivity index (χ0v) is 16.4. The van der Waals surface area contributed by atoms with Gasteiger partial charge in [0, 0.05) is 23.6 Å². The number of ketones is 1. The molecule has 30 heavy (non-hydrogen) atoms. The van der Waals surface area contributed by atoms with Gasteiger partial charge in [-0.25, -0.2) is 4.79 Å². The molecule has 0 bridgehead atoms. The summed E-state index contributed by atoms with van der Waals surface area (Å²) in [6.45, 7) is 2.25. The molecule has 0 aliphatic heterocycles. The van der Waals surface area contributed by atoms with Crippen molar-refractivity contribution in [3.63, 3.8) is 0 Å².